The summed E-state index contributed by atoms with van der Waals surface area (Å²) in [6.07, 6.45) is 4.57. The van der Waals surface area contributed by atoms with Crippen molar-refractivity contribution in [2.75, 3.05) is 6.54 Å². The van der Waals surface area contributed by atoms with Gasteiger partial charge in [0.1, 0.15) is 0 Å². The minimum atomic E-state index is 0.0497. The minimum absolute atomic E-state index is 0.0497. The average Bonchev–Trinajstić information content (AvgIpc) is 2.33. The van der Waals surface area contributed by atoms with E-state index in [0.29, 0.717) is 29.7 Å². The predicted octanol–water partition coefficient (Wildman–Crippen LogP) is 2.64. The highest BCUT2D eigenvalue weighted by atomic mass is 16.2. The van der Waals surface area contributed by atoms with Crippen LogP contribution in [-0.4, -0.2) is 29.4 Å². The molecule has 1 aliphatic carbocycles. The molecule has 0 spiro atoms. The van der Waals surface area contributed by atoms with Crippen LogP contribution < -0.4 is 5.73 Å². The molecular weight excluding hydrogens is 236 g/mol. The predicted molar refractivity (Wildman–Crippen MR) is 78.6 cm³/mol. The second kappa shape index (κ2) is 5.82. The van der Waals surface area contributed by atoms with Gasteiger partial charge in [0.15, 0.2) is 0 Å². The molecular formula is C16H30N2O. The number of nitrogens with zero attached hydrogens (tertiary/aromatic N) is 1. The molecule has 3 nitrogen and oxygen atoms in total. The summed E-state index contributed by atoms with van der Waals surface area (Å²) >= 11 is 0. The van der Waals surface area contributed by atoms with Crippen LogP contribution in [0.2, 0.25) is 0 Å². The Kier molecular flexibility index (Phi) is 4.54. The van der Waals surface area contributed by atoms with E-state index in [-0.39, 0.29) is 12.0 Å². The van der Waals surface area contributed by atoms with Crippen LogP contribution in [0.3, 0.4) is 0 Å². The van der Waals surface area contributed by atoms with Gasteiger partial charge in [-0.15, -0.1) is 0 Å². The molecule has 19 heavy (non-hydrogen) atoms. The van der Waals surface area contributed by atoms with Gasteiger partial charge in [0.2, 0.25) is 5.91 Å². The normalized spacial score (nSPS) is 44.2. The van der Waals surface area contributed by atoms with Crippen LogP contribution in [0.25, 0.3) is 0 Å². The number of amides is 1. The minimum Gasteiger partial charge on any atom is -0.339 e. The van der Waals surface area contributed by atoms with Crippen LogP contribution >= 0.6 is 0 Å². The molecule has 6 unspecified atom stereocenters. The van der Waals surface area contributed by atoms with Crippen molar-refractivity contribution in [3.63, 3.8) is 0 Å². The lowest BCUT2D eigenvalue weighted by molar-refractivity contribution is -0.145. The molecule has 6 atom stereocenters. The van der Waals surface area contributed by atoms with Crippen molar-refractivity contribution < 1.29 is 4.79 Å². The standard InChI is InChI=1S/C16H30N2O/c1-10-8-12(3)13(4)18(9-10)16(19)15-11(2)6-5-7-14(15)17/h10-15H,5-9,17H2,1-4H3. The third kappa shape index (κ3) is 2.96. The molecule has 1 amide bonds. The second-order valence-corrected chi connectivity index (χ2v) is 7.15. The molecule has 1 heterocycles. The first-order chi connectivity index (χ1) is 8.91. The monoisotopic (exact) mass is 266 g/mol. The van der Waals surface area contributed by atoms with E-state index in [1.165, 1.54) is 12.8 Å². The lowest BCUT2D eigenvalue weighted by Gasteiger charge is -2.45. The van der Waals surface area contributed by atoms with Gasteiger partial charge in [-0.1, -0.05) is 27.2 Å². The largest absolute Gasteiger partial charge is 0.339 e. The SMILES string of the molecule is CC1CC(C)C(C)N(C(=O)C2C(C)CCCC2N)C1. The van der Waals surface area contributed by atoms with Crippen LogP contribution in [0.5, 0.6) is 0 Å². The Morgan fingerprint density at radius 2 is 1.79 bits per heavy atom. The quantitative estimate of drug-likeness (QED) is 0.793. The van der Waals surface area contributed by atoms with Gasteiger partial charge in [-0.3, -0.25) is 4.79 Å². The summed E-state index contributed by atoms with van der Waals surface area (Å²) in [5.74, 6) is 2.03. The van der Waals surface area contributed by atoms with E-state index in [2.05, 4.69) is 32.6 Å². The summed E-state index contributed by atoms with van der Waals surface area (Å²) < 4.78 is 0. The van der Waals surface area contributed by atoms with E-state index in [4.69, 9.17) is 5.73 Å². The van der Waals surface area contributed by atoms with Crippen LogP contribution in [0, 0.1) is 23.7 Å². The van der Waals surface area contributed by atoms with Gasteiger partial charge in [-0.2, -0.15) is 0 Å². The Morgan fingerprint density at radius 3 is 2.42 bits per heavy atom. The summed E-state index contributed by atoms with van der Waals surface area (Å²) in [6, 6.07) is 0.431. The molecule has 1 aliphatic heterocycles. The number of hydrogen-bond donors (Lipinski definition) is 1. The zero-order valence-corrected chi connectivity index (χ0v) is 12.9. The number of carbonyl (C=O) groups excluding carboxylic acids is 1. The smallest absolute Gasteiger partial charge is 0.227 e. The van der Waals surface area contributed by atoms with Gasteiger partial charge in [-0.25, -0.2) is 0 Å². The molecule has 0 bridgehead atoms. The Labute approximate surface area is 117 Å². The topological polar surface area (TPSA) is 46.3 Å². The number of nitrogens with two attached hydrogens (primary N) is 1. The van der Waals surface area contributed by atoms with Crippen molar-refractivity contribution in [1.29, 1.82) is 0 Å². The van der Waals surface area contributed by atoms with Crippen molar-refractivity contribution in [3.8, 4) is 0 Å². The number of hydrogen-bond acceptors (Lipinski definition) is 2. The third-order valence-corrected chi connectivity index (χ3v) is 5.44. The fraction of sp³-hybridized carbons (Fsp3) is 0.938. The van der Waals surface area contributed by atoms with Crippen molar-refractivity contribution in [2.24, 2.45) is 29.4 Å². The Balaban J connectivity index is 2.12. The third-order valence-electron chi connectivity index (χ3n) is 5.44. The first-order valence-electron chi connectivity index (χ1n) is 7.97. The molecule has 3 heteroatoms. The molecule has 0 radical (unpaired) electrons. The molecule has 1 saturated carbocycles. The summed E-state index contributed by atoms with van der Waals surface area (Å²) in [4.78, 5) is 15.1. The summed E-state index contributed by atoms with van der Waals surface area (Å²) in [5.41, 5.74) is 6.24. The van der Waals surface area contributed by atoms with Crippen LogP contribution in [-0.2, 0) is 4.79 Å². The van der Waals surface area contributed by atoms with Gasteiger partial charge in [-0.05, 0) is 43.9 Å². The maximum Gasteiger partial charge on any atom is 0.227 e. The lowest BCUT2D eigenvalue weighted by atomic mass is 9.75. The molecule has 0 aromatic carbocycles. The van der Waals surface area contributed by atoms with Gasteiger partial charge in [0, 0.05) is 18.6 Å². The van der Waals surface area contributed by atoms with Gasteiger partial charge in [0.05, 0.1) is 5.92 Å². The van der Waals surface area contributed by atoms with E-state index in [0.717, 1.165) is 19.4 Å². The second-order valence-electron chi connectivity index (χ2n) is 7.15. The highest BCUT2D eigenvalue weighted by molar-refractivity contribution is 5.80. The average molecular weight is 266 g/mol. The highest BCUT2D eigenvalue weighted by Gasteiger charge is 2.40. The summed E-state index contributed by atoms with van der Waals surface area (Å²) in [5, 5.41) is 0. The molecule has 1 saturated heterocycles. The lowest BCUT2D eigenvalue weighted by Crippen LogP contribution is -2.55. The van der Waals surface area contributed by atoms with Crippen LogP contribution in [0.15, 0.2) is 0 Å². The first kappa shape index (κ1) is 14.8. The highest BCUT2D eigenvalue weighted by Crippen LogP contribution is 2.34. The Morgan fingerprint density at radius 1 is 1.11 bits per heavy atom. The zero-order chi connectivity index (χ0) is 14.2. The summed E-state index contributed by atoms with van der Waals surface area (Å²) in [6.45, 7) is 9.84. The van der Waals surface area contributed by atoms with E-state index in [1.807, 2.05) is 0 Å². The van der Waals surface area contributed by atoms with Gasteiger partial charge >= 0.3 is 0 Å². The number of likely N-dealkylation sites (tertiary alicyclic amines) is 1. The Hall–Kier alpha value is -0.570. The number of piperidine rings is 1. The fourth-order valence-electron chi connectivity index (χ4n) is 4.08. The van der Waals surface area contributed by atoms with Crippen molar-refractivity contribution in [3.05, 3.63) is 0 Å². The van der Waals surface area contributed by atoms with E-state index in [1.54, 1.807) is 0 Å². The van der Waals surface area contributed by atoms with Gasteiger partial charge in [0.25, 0.3) is 0 Å². The number of carbonyl (C=O) groups is 1. The van der Waals surface area contributed by atoms with Crippen LogP contribution in [0.1, 0.15) is 53.4 Å². The van der Waals surface area contributed by atoms with Gasteiger partial charge < -0.3 is 10.6 Å². The van der Waals surface area contributed by atoms with Crippen molar-refractivity contribution in [1.82, 2.24) is 4.90 Å². The molecule has 2 aliphatic rings. The zero-order valence-electron chi connectivity index (χ0n) is 12.9. The molecule has 2 N–H and O–H groups in total. The first-order valence-corrected chi connectivity index (χ1v) is 7.97. The van der Waals surface area contributed by atoms with Crippen molar-refractivity contribution >= 4 is 5.91 Å². The number of rotatable bonds is 1. The molecule has 0 aromatic heterocycles. The van der Waals surface area contributed by atoms with E-state index in [9.17, 15) is 4.79 Å². The molecule has 2 rings (SSSR count). The van der Waals surface area contributed by atoms with Crippen molar-refractivity contribution in [2.45, 2.75) is 65.5 Å². The van der Waals surface area contributed by atoms with Crippen LogP contribution in [0.4, 0.5) is 0 Å². The Bertz CT molecular complexity index is 321. The molecule has 0 aromatic rings. The van der Waals surface area contributed by atoms with E-state index < -0.39 is 0 Å². The molecule has 2 fully saturated rings. The maximum atomic E-state index is 12.9. The fourth-order valence-corrected chi connectivity index (χ4v) is 4.08. The maximum absolute atomic E-state index is 12.9. The van der Waals surface area contributed by atoms with E-state index >= 15 is 0 Å². The summed E-state index contributed by atoms with van der Waals surface area (Å²) in [7, 11) is 0. The molecule has 110 valence electrons.